The number of carbonyl (C=O) groups is 1. The molecule has 1 heterocycles. The quantitative estimate of drug-likeness (QED) is 0.310. The van der Waals surface area contributed by atoms with Gasteiger partial charge >= 0.3 is 5.97 Å². The monoisotopic (exact) mass is 454 g/mol. The van der Waals surface area contributed by atoms with E-state index in [9.17, 15) is 4.79 Å². The molecule has 0 spiro atoms. The molecule has 1 aromatic rings. The molecule has 0 fully saturated rings. The van der Waals surface area contributed by atoms with E-state index in [2.05, 4.69) is 27.5 Å². The average Bonchev–Trinajstić information content (AvgIpc) is 2.70. The molecule has 0 radical (unpaired) electrons. The normalized spacial score (nSPS) is 11.7. The second-order valence-corrected chi connectivity index (χ2v) is 7.23. The van der Waals surface area contributed by atoms with E-state index in [1.807, 2.05) is 27.7 Å². The molecule has 0 aliphatic carbocycles. The second kappa shape index (κ2) is 10.1. The second-order valence-electron chi connectivity index (χ2n) is 5.94. The Morgan fingerprint density at radius 3 is 2.43 bits per heavy atom. The fourth-order valence-electron chi connectivity index (χ4n) is 1.69. The van der Waals surface area contributed by atoms with E-state index in [1.165, 1.54) is 4.88 Å². The Bertz CT molecular complexity index is 519. The van der Waals surface area contributed by atoms with Gasteiger partial charge in [-0.1, -0.05) is 0 Å². The standard InChI is InChI=1S/C15H26N4O2S.HI/c1-10-11(2)22-12(19-10)7-8-17-14(16-6)18-9-13(20)21-15(3,4)5;/h7-9H2,1-6H3,(H2,16,17,18);1H. The Kier molecular flexibility index (Phi) is 9.67. The Morgan fingerprint density at radius 1 is 1.30 bits per heavy atom. The molecule has 0 amide bonds. The van der Waals surface area contributed by atoms with Gasteiger partial charge in [-0.15, -0.1) is 35.3 Å². The number of halogens is 1. The van der Waals surface area contributed by atoms with E-state index < -0.39 is 5.60 Å². The zero-order valence-corrected chi connectivity index (χ0v) is 17.8. The lowest BCUT2D eigenvalue weighted by Crippen LogP contribution is -2.42. The summed E-state index contributed by atoms with van der Waals surface area (Å²) in [5.41, 5.74) is 0.614. The van der Waals surface area contributed by atoms with Crippen molar-refractivity contribution in [2.75, 3.05) is 20.1 Å². The van der Waals surface area contributed by atoms with Crippen LogP contribution in [0.1, 0.15) is 36.3 Å². The van der Waals surface area contributed by atoms with Crippen molar-refractivity contribution >= 4 is 47.2 Å². The highest BCUT2D eigenvalue weighted by molar-refractivity contribution is 14.0. The highest BCUT2D eigenvalue weighted by Gasteiger charge is 2.16. The van der Waals surface area contributed by atoms with Crippen LogP contribution < -0.4 is 10.6 Å². The first-order valence-corrected chi connectivity index (χ1v) is 8.12. The molecule has 1 rings (SSSR count). The van der Waals surface area contributed by atoms with Gasteiger partial charge in [0.2, 0.25) is 0 Å². The van der Waals surface area contributed by atoms with Gasteiger partial charge in [-0.25, -0.2) is 4.98 Å². The van der Waals surface area contributed by atoms with Crippen molar-refractivity contribution < 1.29 is 9.53 Å². The summed E-state index contributed by atoms with van der Waals surface area (Å²) >= 11 is 1.71. The largest absolute Gasteiger partial charge is 0.459 e. The summed E-state index contributed by atoms with van der Waals surface area (Å²) in [4.78, 5) is 21.5. The van der Waals surface area contributed by atoms with Crippen molar-refractivity contribution in [2.45, 2.75) is 46.6 Å². The minimum atomic E-state index is -0.476. The Hall–Kier alpha value is -0.900. The predicted molar refractivity (Wildman–Crippen MR) is 106 cm³/mol. The molecule has 0 unspecified atom stereocenters. The van der Waals surface area contributed by atoms with Crippen molar-refractivity contribution in [1.29, 1.82) is 0 Å². The van der Waals surface area contributed by atoms with Gasteiger partial charge in [0.15, 0.2) is 5.96 Å². The number of carbonyl (C=O) groups excluding carboxylic acids is 1. The van der Waals surface area contributed by atoms with Crippen LogP contribution in [-0.2, 0) is 16.0 Å². The lowest BCUT2D eigenvalue weighted by atomic mass is 10.2. The van der Waals surface area contributed by atoms with E-state index in [0.717, 1.165) is 17.1 Å². The molecule has 0 saturated heterocycles. The third-order valence-electron chi connectivity index (χ3n) is 2.75. The first-order valence-electron chi connectivity index (χ1n) is 7.30. The lowest BCUT2D eigenvalue weighted by molar-refractivity contribution is -0.153. The van der Waals surface area contributed by atoms with Crippen LogP contribution >= 0.6 is 35.3 Å². The molecule has 23 heavy (non-hydrogen) atoms. The summed E-state index contributed by atoms with van der Waals surface area (Å²) in [5.74, 6) is 0.275. The van der Waals surface area contributed by atoms with Crippen LogP contribution in [0.25, 0.3) is 0 Å². The number of hydrogen-bond donors (Lipinski definition) is 2. The fourth-order valence-corrected chi connectivity index (χ4v) is 2.62. The molecule has 0 saturated carbocycles. The van der Waals surface area contributed by atoms with Crippen LogP contribution in [0.5, 0.6) is 0 Å². The van der Waals surface area contributed by atoms with Gasteiger partial charge in [-0.3, -0.25) is 9.79 Å². The van der Waals surface area contributed by atoms with Gasteiger partial charge in [-0.05, 0) is 34.6 Å². The average molecular weight is 454 g/mol. The Labute approximate surface area is 159 Å². The maximum Gasteiger partial charge on any atom is 0.325 e. The van der Waals surface area contributed by atoms with Crippen LogP contribution in [0.15, 0.2) is 4.99 Å². The zero-order valence-electron chi connectivity index (χ0n) is 14.6. The van der Waals surface area contributed by atoms with Gasteiger partial charge < -0.3 is 15.4 Å². The van der Waals surface area contributed by atoms with E-state index >= 15 is 0 Å². The number of nitrogens with one attached hydrogen (secondary N) is 2. The number of ether oxygens (including phenoxy) is 1. The third kappa shape index (κ3) is 9.09. The highest BCUT2D eigenvalue weighted by atomic mass is 127. The molecule has 2 N–H and O–H groups in total. The van der Waals surface area contributed by atoms with Crippen LogP contribution in [0.3, 0.4) is 0 Å². The first-order chi connectivity index (χ1) is 10.2. The minimum absolute atomic E-state index is 0. The number of thiazole rings is 1. The molecule has 0 atom stereocenters. The number of aryl methyl sites for hydroxylation is 2. The molecule has 0 aliphatic rings. The molecular weight excluding hydrogens is 427 g/mol. The number of aliphatic imine (C=N–C) groups is 1. The molecule has 132 valence electrons. The Balaban J connectivity index is 0.00000484. The van der Waals surface area contributed by atoms with E-state index in [4.69, 9.17) is 4.74 Å². The Morgan fingerprint density at radius 2 is 1.96 bits per heavy atom. The number of rotatable bonds is 5. The number of hydrogen-bond acceptors (Lipinski definition) is 5. The molecule has 0 aromatic carbocycles. The smallest absolute Gasteiger partial charge is 0.325 e. The maximum absolute atomic E-state index is 11.6. The topological polar surface area (TPSA) is 75.6 Å². The summed E-state index contributed by atoms with van der Waals surface area (Å²) < 4.78 is 5.23. The lowest BCUT2D eigenvalue weighted by Gasteiger charge is -2.20. The van der Waals surface area contributed by atoms with E-state index in [-0.39, 0.29) is 36.5 Å². The van der Waals surface area contributed by atoms with Crippen molar-refractivity contribution in [3.63, 3.8) is 0 Å². The predicted octanol–water partition coefficient (Wildman–Crippen LogP) is 2.43. The number of aromatic nitrogens is 1. The van der Waals surface area contributed by atoms with Crippen molar-refractivity contribution in [3.8, 4) is 0 Å². The highest BCUT2D eigenvalue weighted by Crippen LogP contribution is 2.16. The summed E-state index contributed by atoms with van der Waals surface area (Å²) in [5, 5.41) is 7.21. The van der Waals surface area contributed by atoms with Gasteiger partial charge in [0.1, 0.15) is 12.1 Å². The van der Waals surface area contributed by atoms with Crippen LogP contribution in [-0.4, -0.2) is 42.7 Å². The third-order valence-corrected chi connectivity index (χ3v) is 3.88. The van der Waals surface area contributed by atoms with Crippen molar-refractivity contribution in [2.24, 2.45) is 4.99 Å². The summed E-state index contributed by atoms with van der Waals surface area (Å²) in [6, 6.07) is 0. The van der Waals surface area contributed by atoms with E-state index in [1.54, 1.807) is 18.4 Å². The van der Waals surface area contributed by atoms with E-state index in [0.29, 0.717) is 12.5 Å². The zero-order chi connectivity index (χ0) is 16.8. The maximum atomic E-state index is 11.6. The van der Waals surface area contributed by atoms with Crippen molar-refractivity contribution in [1.82, 2.24) is 15.6 Å². The molecular formula is C15H27IN4O2S. The molecule has 0 aliphatic heterocycles. The molecule has 1 aromatic heterocycles. The number of nitrogens with zero attached hydrogens (tertiary/aromatic N) is 2. The van der Waals surface area contributed by atoms with Gasteiger partial charge in [0.05, 0.1) is 10.7 Å². The van der Waals surface area contributed by atoms with Gasteiger partial charge in [0, 0.05) is 24.9 Å². The number of esters is 1. The summed E-state index contributed by atoms with van der Waals surface area (Å²) in [6.07, 6.45) is 0.826. The SMILES string of the molecule is CN=C(NCCc1nc(C)c(C)s1)NCC(=O)OC(C)(C)C.I. The molecule has 8 heteroatoms. The summed E-state index contributed by atoms with van der Waals surface area (Å²) in [7, 11) is 1.67. The first kappa shape index (κ1) is 22.1. The van der Waals surface area contributed by atoms with Crippen LogP contribution in [0.2, 0.25) is 0 Å². The fraction of sp³-hybridized carbons (Fsp3) is 0.667. The van der Waals surface area contributed by atoms with Crippen molar-refractivity contribution in [3.05, 3.63) is 15.6 Å². The molecule has 6 nitrogen and oxygen atoms in total. The van der Waals surface area contributed by atoms with Gasteiger partial charge in [-0.2, -0.15) is 0 Å². The van der Waals surface area contributed by atoms with Gasteiger partial charge in [0.25, 0.3) is 0 Å². The molecule has 0 bridgehead atoms. The minimum Gasteiger partial charge on any atom is -0.459 e. The van der Waals surface area contributed by atoms with Crippen LogP contribution in [0, 0.1) is 13.8 Å². The van der Waals surface area contributed by atoms with Crippen LogP contribution in [0.4, 0.5) is 0 Å². The number of guanidine groups is 1. The summed E-state index contributed by atoms with van der Waals surface area (Å²) in [6.45, 7) is 10.4.